The first-order valence-electron chi connectivity index (χ1n) is 6.48. The maximum absolute atomic E-state index is 13.4. The summed E-state index contributed by atoms with van der Waals surface area (Å²) in [6.45, 7) is -0.221. The van der Waals surface area contributed by atoms with Crippen molar-refractivity contribution < 1.29 is 13.9 Å². The number of aliphatic hydroxyl groups is 1. The van der Waals surface area contributed by atoms with E-state index in [4.69, 9.17) is 0 Å². The largest absolute Gasteiger partial charge is 0.392 e. The van der Waals surface area contributed by atoms with Crippen molar-refractivity contribution in [2.24, 2.45) is 0 Å². The average molecular weight is 365 g/mol. The van der Waals surface area contributed by atoms with Crippen molar-refractivity contribution in [3.8, 4) is 0 Å². The van der Waals surface area contributed by atoms with Gasteiger partial charge < -0.3 is 10.4 Å². The highest BCUT2D eigenvalue weighted by Gasteiger charge is 2.11. The van der Waals surface area contributed by atoms with Crippen molar-refractivity contribution in [3.63, 3.8) is 0 Å². The number of halogens is 3. The molecule has 3 nitrogen and oxygen atoms in total. The molecule has 2 aromatic carbocycles. The summed E-state index contributed by atoms with van der Waals surface area (Å²) < 4.78 is 27.2. The Labute approximate surface area is 133 Å². The third kappa shape index (κ3) is 2.80. The summed E-state index contributed by atoms with van der Waals surface area (Å²) >= 11 is 3.39. The monoisotopic (exact) mass is 364 g/mol. The van der Waals surface area contributed by atoms with Gasteiger partial charge in [-0.3, -0.25) is 4.98 Å². The molecule has 6 heteroatoms. The Morgan fingerprint density at radius 2 is 1.91 bits per heavy atom. The lowest BCUT2D eigenvalue weighted by atomic mass is 10.1. The molecule has 0 amide bonds. The summed E-state index contributed by atoms with van der Waals surface area (Å²) in [5.74, 6) is -1.84. The molecule has 0 radical (unpaired) electrons. The van der Waals surface area contributed by atoms with Gasteiger partial charge in [-0.1, -0.05) is 15.9 Å². The molecule has 3 aromatic rings. The van der Waals surface area contributed by atoms with Gasteiger partial charge in [0.05, 0.1) is 17.8 Å². The van der Waals surface area contributed by atoms with E-state index in [1.807, 2.05) is 18.2 Å². The first kappa shape index (κ1) is 14.9. The van der Waals surface area contributed by atoms with E-state index in [0.717, 1.165) is 27.5 Å². The highest BCUT2D eigenvalue weighted by atomic mass is 79.9. The van der Waals surface area contributed by atoms with Crippen molar-refractivity contribution in [2.45, 2.75) is 6.61 Å². The highest BCUT2D eigenvalue weighted by molar-refractivity contribution is 9.10. The van der Waals surface area contributed by atoms with E-state index in [-0.39, 0.29) is 6.61 Å². The highest BCUT2D eigenvalue weighted by Crippen LogP contribution is 2.31. The molecule has 0 aliphatic rings. The van der Waals surface area contributed by atoms with Gasteiger partial charge >= 0.3 is 0 Å². The Morgan fingerprint density at radius 3 is 2.64 bits per heavy atom. The van der Waals surface area contributed by atoms with Crippen molar-refractivity contribution in [2.75, 3.05) is 5.32 Å². The van der Waals surface area contributed by atoms with Crippen molar-refractivity contribution in [1.29, 1.82) is 0 Å². The van der Waals surface area contributed by atoms with Gasteiger partial charge in [0.1, 0.15) is 0 Å². The molecular weight excluding hydrogens is 354 g/mol. The minimum atomic E-state index is -0.935. The topological polar surface area (TPSA) is 45.2 Å². The Morgan fingerprint density at radius 1 is 1.09 bits per heavy atom. The number of fused-ring (bicyclic) bond motifs is 1. The summed E-state index contributed by atoms with van der Waals surface area (Å²) in [6, 6.07) is 9.09. The van der Waals surface area contributed by atoms with Crippen LogP contribution in [0.15, 0.2) is 47.1 Å². The minimum Gasteiger partial charge on any atom is -0.392 e. The molecule has 1 heterocycles. The zero-order valence-corrected chi connectivity index (χ0v) is 12.9. The molecule has 0 atom stereocenters. The van der Waals surface area contributed by atoms with Crippen LogP contribution in [0.4, 0.5) is 20.2 Å². The predicted molar refractivity (Wildman–Crippen MR) is 85.0 cm³/mol. The maximum atomic E-state index is 13.4. The number of nitrogens with zero attached hydrogens (tertiary/aromatic N) is 1. The molecule has 0 bridgehead atoms. The van der Waals surface area contributed by atoms with Crippen LogP contribution in [0.25, 0.3) is 10.9 Å². The summed E-state index contributed by atoms with van der Waals surface area (Å²) in [4.78, 5) is 4.27. The maximum Gasteiger partial charge on any atom is 0.160 e. The molecule has 0 spiro atoms. The number of pyridine rings is 1. The predicted octanol–water partition coefficient (Wildman–Crippen LogP) is 4.51. The van der Waals surface area contributed by atoms with Gasteiger partial charge in [0.15, 0.2) is 11.6 Å². The standard InChI is InChI=1S/C16H11BrF2N2O/c17-10-1-4-15-12(5-10)16(9(8-22)7-20-15)21-11-2-3-13(18)14(19)6-11/h1-7,22H,8H2,(H,20,21). The fourth-order valence-corrected chi connectivity index (χ4v) is 2.55. The fourth-order valence-electron chi connectivity index (χ4n) is 2.19. The lowest BCUT2D eigenvalue weighted by molar-refractivity contribution is 0.282. The van der Waals surface area contributed by atoms with Crippen molar-refractivity contribution in [3.05, 3.63) is 64.3 Å². The van der Waals surface area contributed by atoms with Gasteiger partial charge in [-0.2, -0.15) is 0 Å². The Kier molecular flexibility index (Phi) is 4.04. The van der Waals surface area contributed by atoms with E-state index in [0.29, 0.717) is 16.9 Å². The van der Waals surface area contributed by atoms with Crippen LogP contribution in [0, 0.1) is 11.6 Å². The first-order valence-corrected chi connectivity index (χ1v) is 7.28. The quantitative estimate of drug-likeness (QED) is 0.718. The number of rotatable bonds is 3. The zero-order chi connectivity index (χ0) is 15.7. The summed E-state index contributed by atoms with van der Waals surface area (Å²) in [6.07, 6.45) is 1.55. The normalized spacial score (nSPS) is 10.9. The molecule has 0 saturated heterocycles. The number of hydrogen-bond donors (Lipinski definition) is 2. The van der Waals surface area contributed by atoms with Gasteiger partial charge in [-0.25, -0.2) is 8.78 Å². The summed E-state index contributed by atoms with van der Waals surface area (Å²) in [5, 5.41) is 13.3. The lowest BCUT2D eigenvalue weighted by Crippen LogP contribution is -2.00. The van der Waals surface area contributed by atoms with E-state index >= 15 is 0 Å². The second-order valence-electron chi connectivity index (χ2n) is 4.73. The SMILES string of the molecule is OCc1cnc2ccc(Br)cc2c1Nc1ccc(F)c(F)c1. The van der Waals surface area contributed by atoms with Crippen LogP contribution in [0.1, 0.15) is 5.56 Å². The number of benzene rings is 2. The number of aliphatic hydroxyl groups excluding tert-OH is 1. The van der Waals surface area contributed by atoms with Gasteiger partial charge in [0, 0.05) is 33.4 Å². The molecule has 0 aliphatic heterocycles. The molecule has 22 heavy (non-hydrogen) atoms. The smallest absolute Gasteiger partial charge is 0.160 e. The van der Waals surface area contributed by atoms with Gasteiger partial charge in [-0.15, -0.1) is 0 Å². The van der Waals surface area contributed by atoms with Crippen LogP contribution in [-0.2, 0) is 6.61 Å². The molecule has 2 N–H and O–H groups in total. The number of nitrogens with one attached hydrogen (secondary N) is 1. The molecule has 3 rings (SSSR count). The van der Waals surface area contributed by atoms with Crippen molar-refractivity contribution in [1.82, 2.24) is 4.98 Å². The number of aromatic nitrogens is 1. The second kappa shape index (κ2) is 5.98. The van der Waals surface area contributed by atoms with Crippen LogP contribution in [0.3, 0.4) is 0 Å². The summed E-state index contributed by atoms with van der Waals surface area (Å²) in [5.41, 5.74) is 2.29. The molecular formula is C16H11BrF2N2O. The Hall–Kier alpha value is -2.05. The van der Waals surface area contributed by atoms with E-state index in [1.165, 1.54) is 6.07 Å². The minimum absolute atomic E-state index is 0.221. The van der Waals surface area contributed by atoms with Gasteiger partial charge in [0.25, 0.3) is 0 Å². The molecule has 0 fully saturated rings. The number of anilines is 2. The van der Waals surface area contributed by atoms with Crippen molar-refractivity contribution >= 4 is 38.2 Å². The first-order chi connectivity index (χ1) is 10.6. The Bertz CT molecular complexity index is 855. The molecule has 1 aromatic heterocycles. The van der Waals surface area contributed by atoms with Gasteiger partial charge in [0.2, 0.25) is 0 Å². The van der Waals surface area contributed by atoms with Gasteiger partial charge in [-0.05, 0) is 30.3 Å². The van der Waals surface area contributed by atoms with Crippen LogP contribution in [-0.4, -0.2) is 10.1 Å². The molecule has 0 aliphatic carbocycles. The molecule has 112 valence electrons. The van der Waals surface area contributed by atoms with Crippen LogP contribution in [0.5, 0.6) is 0 Å². The third-order valence-electron chi connectivity index (χ3n) is 3.27. The summed E-state index contributed by atoms with van der Waals surface area (Å²) in [7, 11) is 0. The van der Waals surface area contributed by atoms with Crippen LogP contribution in [0.2, 0.25) is 0 Å². The van der Waals surface area contributed by atoms with Crippen LogP contribution >= 0.6 is 15.9 Å². The molecule has 0 saturated carbocycles. The zero-order valence-electron chi connectivity index (χ0n) is 11.3. The fraction of sp³-hybridized carbons (Fsp3) is 0.0625. The Balaban J connectivity index is 2.15. The van der Waals surface area contributed by atoms with E-state index in [1.54, 1.807) is 6.20 Å². The number of hydrogen-bond acceptors (Lipinski definition) is 3. The third-order valence-corrected chi connectivity index (χ3v) is 3.76. The van der Waals surface area contributed by atoms with E-state index < -0.39 is 11.6 Å². The van der Waals surface area contributed by atoms with Crippen LogP contribution < -0.4 is 5.32 Å². The second-order valence-corrected chi connectivity index (χ2v) is 5.65. The molecule has 0 unspecified atom stereocenters. The average Bonchev–Trinajstić information content (AvgIpc) is 2.51. The van der Waals surface area contributed by atoms with E-state index in [2.05, 4.69) is 26.2 Å². The van der Waals surface area contributed by atoms with E-state index in [9.17, 15) is 13.9 Å². The lowest BCUT2D eigenvalue weighted by Gasteiger charge is -2.14.